The fraction of sp³-hybridized carbons (Fsp3) is 0.250. The molecule has 7 heteroatoms. The minimum atomic E-state index is -0.815. The number of anilines is 1. The van der Waals surface area contributed by atoms with Crippen molar-refractivity contribution in [1.29, 1.82) is 0 Å². The molecule has 0 saturated carbocycles. The molecule has 160 valence electrons. The van der Waals surface area contributed by atoms with Crippen LogP contribution in [0.3, 0.4) is 0 Å². The van der Waals surface area contributed by atoms with Gasteiger partial charge in [0.25, 0.3) is 5.91 Å². The summed E-state index contributed by atoms with van der Waals surface area (Å²) in [5.74, 6) is 0.818. The number of nitrogens with zero attached hydrogens (tertiary/aromatic N) is 2. The number of hydrogen-bond acceptors (Lipinski definition) is 6. The average Bonchev–Trinajstić information content (AvgIpc) is 2.79. The topological polar surface area (TPSA) is 83.4 Å². The van der Waals surface area contributed by atoms with Crippen LogP contribution in [0.4, 0.5) is 5.69 Å². The van der Waals surface area contributed by atoms with E-state index in [2.05, 4.69) is 29.3 Å². The lowest BCUT2D eigenvalue weighted by Crippen LogP contribution is -2.42. The molecular weight excluding hydrogens is 394 g/mol. The van der Waals surface area contributed by atoms with Gasteiger partial charge in [-0.05, 0) is 48.9 Å². The van der Waals surface area contributed by atoms with E-state index >= 15 is 0 Å². The van der Waals surface area contributed by atoms with E-state index in [4.69, 9.17) is 9.47 Å². The molecule has 2 N–H and O–H groups in total. The Morgan fingerprint density at radius 1 is 1.13 bits per heavy atom. The summed E-state index contributed by atoms with van der Waals surface area (Å²) in [6.07, 6.45) is 0.592. The van der Waals surface area contributed by atoms with Crippen LogP contribution in [0.15, 0.2) is 59.7 Å². The van der Waals surface area contributed by atoms with Gasteiger partial charge in [0.05, 0.1) is 6.21 Å². The third kappa shape index (κ3) is 4.40. The predicted molar refractivity (Wildman–Crippen MR) is 121 cm³/mol. The average molecular weight is 419 g/mol. The number of carbonyl (C=O) groups is 1. The number of fused-ring (bicyclic) bond motifs is 2. The summed E-state index contributed by atoms with van der Waals surface area (Å²) >= 11 is 0. The second kappa shape index (κ2) is 8.95. The van der Waals surface area contributed by atoms with E-state index in [0.717, 1.165) is 29.5 Å². The molecule has 1 atom stereocenters. The number of carbonyl (C=O) groups excluding carboxylic acids is 1. The van der Waals surface area contributed by atoms with E-state index in [1.54, 1.807) is 12.1 Å². The van der Waals surface area contributed by atoms with Crippen molar-refractivity contribution < 1.29 is 19.4 Å². The number of hydrogen-bond donors (Lipinski definition) is 2. The first-order valence-corrected chi connectivity index (χ1v) is 10.3. The quantitative estimate of drug-likeness (QED) is 0.470. The van der Waals surface area contributed by atoms with Crippen molar-refractivity contribution >= 4 is 28.6 Å². The standard InChI is InChI=1S/C24H25N3O4/c1-3-27(4-2)19-10-9-18(20(28)13-19)14-25-26-24(29)23-15-30-21-11-16-7-5-6-8-17(16)12-22(21)31-23/h5-14,23,28H,3-4,15H2,1-2H3,(H,26,29)/b25-14+/t23-/m1/s1. The molecule has 1 aliphatic heterocycles. The number of rotatable bonds is 6. The highest BCUT2D eigenvalue weighted by molar-refractivity contribution is 5.88. The van der Waals surface area contributed by atoms with Crippen molar-refractivity contribution in [3.8, 4) is 17.2 Å². The SMILES string of the molecule is CCN(CC)c1ccc(/C=N/NC(=O)[C@H]2COc3cc4ccccc4cc3O2)c(O)c1. The molecule has 0 unspecified atom stereocenters. The summed E-state index contributed by atoms with van der Waals surface area (Å²) in [6.45, 7) is 5.91. The molecule has 1 amide bonds. The van der Waals surface area contributed by atoms with E-state index in [1.807, 2.05) is 42.5 Å². The van der Waals surface area contributed by atoms with Gasteiger partial charge >= 0.3 is 0 Å². The van der Waals surface area contributed by atoms with Crippen LogP contribution in [0, 0.1) is 0 Å². The fourth-order valence-electron chi connectivity index (χ4n) is 3.55. The van der Waals surface area contributed by atoms with E-state index in [-0.39, 0.29) is 12.4 Å². The monoisotopic (exact) mass is 419 g/mol. The van der Waals surface area contributed by atoms with Crippen LogP contribution < -0.4 is 19.8 Å². The first kappa shape index (κ1) is 20.5. The van der Waals surface area contributed by atoms with Crippen LogP contribution in [0.5, 0.6) is 17.2 Å². The molecule has 0 saturated heterocycles. The molecule has 0 fully saturated rings. The van der Waals surface area contributed by atoms with Crippen molar-refractivity contribution in [2.24, 2.45) is 5.10 Å². The van der Waals surface area contributed by atoms with Gasteiger partial charge in [-0.15, -0.1) is 0 Å². The van der Waals surface area contributed by atoms with Crippen molar-refractivity contribution in [2.45, 2.75) is 20.0 Å². The van der Waals surface area contributed by atoms with Crippen molar-refractivity contribution in [3.63, 3.8) is 0 Å². The molecule has 0 spiro atoms. The Kier molecular flexibility index (Phi) is 5.93. The zero-order chi connectivity index (χ0) is 21.8. The van der Waals surface area contributed by atoms with Crippen molar-refractivity contribution in [3.05, 3.63) is 60.2 Å². The molecule has 7 nitrogen and oxygen atoms in total. The van der Waals surface area contributed by atoms with Gasteiger partial charge in [-0.25, -0.2) is 5.43 Å². The van der Waals surface area contributed by atoms with E-state index < -0.39 is 12.0 Å². The first-order chi connectivity index (χ1) is 15.1. The highest BCUT2D eigenvalue weighted by Crippen LogP contribution is 2.35. The number of hydrazone groups is 1. The summed E-state index contributed by atoms with van der Waals surface area (Å²) in [6, 6.07) is 17.0. The van der Waals surface area contributed by atoms with Gasteiger partial charge in [0.15, 0.2) is 11.5 Å². The lowest BCUT2D eigenvalue weighted by molar-refractivity contribution is -0.130. The zero-order valence-corrected chi connectivity index (χ0v) is 17.5. The minimum absolute atomic E-state index is 0.0938. The molecule has 3 aromatic rings. The van der Waals surface area contributed by atoms with Crippen LogP contribution >= 0.6 is 0 Å². The Morgan fingerprint density at radius 3 is 2.52 bits per heavy atom. The van der Waals surface area contributed by atoms with Crippen LogP contribution in [0.2, 0.25) is 0 Å². The Hall–Kier alpha value is -3.74. The van der Waals surface area contributed by atoms with Crippen molar-refractivity contribution in [2.75, 3.05) is 24.6 Å². The van der Waals surface area contributed by atoms with E-state index in [9.17, 15) is 9.90 Å². The molecule has 0 aromatic heterocycles. The molecule has 1 aliphatic rings. The number of phenolic OH excluding ortho intramolecular Hbond substituents is 1. The van der Waals surface area contributed by atoms with Gasteiger partial charge in [-0.2, -0.15) is 5.10 Å². The number of nitrogens with one attached hydrogen (secondary N) is 1. The molecule has 0 radical (unpaired) electrons. The van der Waals surface area contributed by atoms with Gasteiger partial charge in [-0.3, -0.25) is 4.79 Å². The Balaban J connectivity index is 1.40. The van der Waals surface area contributed by atoms with Gasteiger partial charge in [0.1, 0.15) is 12.4 Å². The number of benzene rings is 3. The summed E-state index contributed by atoms with van der Waals surface area (Å²) in [7, 11) is 0. The predicted octanol–water partition coefficient (Wildman–Crippen LogP) is 3.68. The molecular formula is C24H25N3O4. The molecule has 1 heterocycles. The number of amides is 1. The second-order valence-corrected chi connectivity index (χ2v) is 7.21. The lowest BCUT2D eigenvalue weighted by Gasteiger charge is -2.25. The third-order valence-electron chi connectivity index (χ3n) is 5.28. The number of aromatic hydroxyl groups is 1. The summed E-state index contributed by atoms with van der Waals surface area (Å²) in [5, 5.41) is 16.3. The van der Waals surface area contributed by atoms with Gasteiger partial charge in [0.2, 0.25) is 6.10 Å². The van der Waals surface area contributed by atoms with Crippen LogP contribution in [0.1, 0.15) is 19.4 Å². The maximum absolute atomic E-state index is 12.5. The lowest BCUT2D eigenvalue weighted by atomic mass is 10.1. The summed E-state index contributed by atoms with van der Waals surface area (Å²) < 4.78 is 11.6. The maximum Gasteiger partial charge on any atom is 0.284 e. The highest BCUT2D eigenvalue weighted by Gasteiger charge is 2.27. The number of ether oxygens (including phenoxy) is 2. The summed E-state index contributed by atoms with van der Waals surface area (Å²) in [5.41, 5.74) is 3.90. The highest BCUT2D eigenvalue weighted by atomic mass is 16.6. The maximum atomic E-state index is 12.5. The van der Waals surface area contributed by atoms with Crippen molar-refractivity contribution in [1.82, 2.24) is 5.43 Å². The zero-order valence-electron chi connectivity index (χ0n) is 17.5. The second-order valence-electron chi connectivity index (χ2n) is 7.21. The van der Waals surface area contributed by atoms with Gasteiger partial charge in [0, 0.05) is 30.4 Å². The van der Waals surface area contributed by atoms with Gasteiger partial charge < -0.3 is 19.5 Å². The number of phenols is 1. The Morgan fingerprint density at radius 2 is 1.84 bits per heavy atom. The molecule has 31 heavy (non-hydrogen) atoms. The van der Waals surface area contributed by atoms with Crippen LogP contribution in [-0.4, -0.2) is 43.0 Å². The summed E-state index contributed by atoms with van der Waals surface area (Å²) in [4.78, 5) is 14.6. The Labute approximate surface area is 180 Å². The Bertz CT molecular complexity index is 1130. The fourth-order valence-corrected chi connectivity index (χ4v) is 3.55. The van der Waals surface area contributed by atoms with Gasteiger partial charge in [-0.1, -0.05) is 24.3 Å². The third-order valence-corrected chi connectivity index (χ3v) is 5.28. The van der Waals surface area contributed by atoms with Crippen LogP contribution in [-0.2, 0) is 4.79 Å². The molecule has 0 aliphatic carbocycles. The molecule has 3 aromatic carbocycles. The normalized spacial score (nSPS) is 15.2. The first-order valence-electron chi connectivity index (χ1n) is 10.3. The molecule has 0 bridgehead atoms. The van der Waals surface area contributed by atoms with Crippen LogP contribution in [0.25, 0.3) is 10.8 Å². The largest absolute Gasteiger partial charge is 0.507 e. The van der Waals surface area contributed by atoms with E-state index in [0.29, 0.717) is 17.1 Å². The minimum Gasteiger partial charge on any atom is -0.507 e. The van der Waals surface area contributed by atoms with E-state index in [1.165, 1.54) is 6.21 Å². The molecule has 4 rings (SSSR count). The smallest absolute Gasteiger partial charge is 0.284 e.